The Morgan fingerprint density at radius 3 is 2.00 bits per heavy atom. The number of unbranched alkanes of at least 4 members (excludes halogenated alkanes) is 1. The van der Waals surface area contributed by atoms with Gasteiger partial charge >= 0.3 is 18.2 Å². The molecule has 0 N–H and O–H groups in total. The van der Waals surface area contributed by atoms with E-state index in [1.54, 1.807) is 80.6 Å². The maximum atomic E-state index is 14.8. The smallest absolute Gasteiger partial charge is 0.419 e. The number of thiophene rings is 1. The fraction of sp³-hybridized carbons (Fsp3) is 0.639. The topological polar surface area (TPSA) is 112 Å². The van der Waals surface area contributed by atoms with E-state index in [1.807, 2.05) is 18.2 Å². The van der Waals surface area contributed by atoms with Gasteiger partial charge < -0.3 is 18.7 Å². The molecule has 48 heavy (non-hydrogen) atoms. The minimum Gasteiger partial charge on any atom is -0.459 e. The van der Waals surface area contributed by atoms with Crippen molar-refractivity contribution in [2.45, 2.75) is 117 Å². The number of rotatable bonds is 11. The molecule has 1 aliphatic rings. The largest absolute Gasteiger partial charge is 0.459 e. The maximum Gasteiger partial charge on any atom is 0.419 e. The van der Waals surface area contributed by atoms with Crippen LogP contribution in [0.1, 0.15) is 94.1 Å². The Morgan fingerprint density at radius 2 is 1.46 bits per heavy atom. The van der Waals surface area contributed by atoms with Gasteiger partial charge in [0.15, 0.2) is 5.16 Å². The van der Waals surface area contributed by atoms with Crippen LogP contribution in [0.15, 0.2) is 41.1 Å². The van der Waals surface area contributed by atoms with E-state index in [0.717, 1.165) is 21.6 Å². The van der Waals surface area contributed by atoms with Gasteiger partial charge in [-0.05, 0) is 116 Å². The van der Waals surface area contributed by atoms with Crippen LogP contribution in [-0.4, -0.2) is 82.3 Å². The lowest BCUT2D eigenvalue weighted by Gasteiger charge is -2.46. The van der Waals surface area contributed by atoms with Crippen LogP contribution in [0.2, 0.25) is 0 Å². The Kier molecular flexibility index (Phi) is 13.1. The molecule has 1 fully saturated rings. The number of hydrogen-bond donors (Lipinski definition) is 0. The number of hydrogen-bond acceptors (Lipinski definition) is 10. The van der Waals surface area contributed by atoms with Gasteiger partial charge in [0.05, 0.1) is 6.61 Å². The van der Waals surface area contributed by atoms with Crippen LogP contribution in [0.5, 0.6) is 0 Å². The Bertz CT molecular complexity index is 1410. The van der Waals surface area contributed by atoms with E-state index in [9.17, 15) is 18.9 Å². The summed E-state index contributed by atoms with van der Waals surface area (Å²) in [7, 11) is -3.56. The predicted octanol–water partition coefficient (Wildman–Crippen LogP) is 8.97. The molecule has 10 nitrogen and oxygen atoms in total. The lowest BCUT2D eigenvalue weighted by atomic mass is 9.98. The summed E-state index contributed by atoms with van der Waals surface area (Å²) >= 11 is 1.62. The van der Waals surface area contributed by atoms with Crippen LogP contribution >= 0.6 is 18.7 Å². The normalized spacial score (nSPS) is 20.6. The standard InChI is InChI=1S/C36H55N2O8PS/c1-11-43-47(42)22-21-37(23-28-24-48-25-29(28)27-17-13-12-14-18-27)26-36(47,30(39)44-33(2,3)4)19-15-16-20-38(31(40)45-34(5,6)7)32(41)46-35(8,9)10/h12-14,17-18,24-25H,11,15-16,19-23,26H2,1-10H3. The van der Waals surface area contributed by atoms with Crippen molar-refractivity contribution in [1.29, 1.82) is 0 Å². The molecule has 268 valence electrons. The van der Waals surface area contributed by atoms with Crippen LogP contribution in [0.3, 0.4) is 0 Å². The lowest BCUT2D eigenvalue weighted by Crippen LogP contribution is -2.56. The van der Waals surface area contributed by atoms with Gasteiger partial charge in [0, 0.05) is 32.3 Å². The van der Waals surface area contributed by atoms with Gasteiger partial charge in [-0.2, -0.15) is 11.3 Å². The Balaban J connectivity index is 1.91. The molecule has 1 aromatic carbocycles. The van der Waals surface area contributed by atoms with Gasteiger partial charge in [0.2, 0.25) is 7.37 Å². The third-order valence-corrected chi connectivity index (χ3v) is 11.7. The summed E-state index contributed by atoms with van der Waals surface area (Å²) in [5, 5.41) is 2.80. The first-order valence-corrected chi connectivity index (χ1v) is 19.5. The van der Waals surface area contributed by atoms with E-state index in [2.05, 4.69) is 27.8 Å². The third-order valence-electron chi connectivity index (χ3n) is 7.64. The van der Waals surface area contributed by atoms with Crippen LogP contribution in [0.25, 0.3) is 11.1 Å². The first-order chi connectivity index (χ1) is 22.2. The molecule has 1 saturated heterocycles. The zero-order chi connectivity index (χ0) is 36.0. The van der Waals surface area contributed by atoms with E-state index in [1.165, 1.54) is 0 Å². The molecule has 2 aromatic rings. The van der Waals surface area contributed by atoms with Crippen molar-refractivity contribution in [3.63, 3.8) is 0 Å². The molecule has 2 amide bonds. The monoisotopic (exact) mass is 706 g/mol. The molecule has 1 aromatic heterocycles. The quantitative estimate of drug-likeness (QED) is 0.0978. The highest BCUT2D eigenvalue weighted by atomic mass is 32.1. The lowest BCUT2D eigenvalue weighted by molar-refractivity contribution is -0.160. The summed E-state index contributed by atoms with van der Waals surface area (Å²) in [6.07, 6.45) is -0.564. The molecule has 0 aliphatic carbocycles. The van der Waals surface area contributed by atoms with E-state index < -0.39 is 47.5 Å². The van der Waals surface area contributed by atoms with Gasteiger partial charge in [-0.25, -0.2) is 14.5 Å². The van der Waals surface area contributed by atoms with E-state index in [0.29, 0.717) is 25.9 Å². The molecule has 2 unspecified atom stereocenters. The summed E-state index contributed by atoms with van der Waals surface area (Å²) < 4.78 is 37.8. The highest BCUT2D eigenvalue weighted by molar-refractivity contribution is 7.62. The Morgan fingerprint density at radius 1 is 0.875 bits per heavy atom. The van der Waals surface area contributed by atoms with Crippen molar-refractivity contribution in [2.24, 2.45) is 0 Å². The molecule has 0 bridgehead atoms. The molecule has 12 heteroatoms. The van der Waals surface area contributed by atoms with Crippen molar-refractivity contribution in [1.82, 2.24) is 9.80 Å². The number of amides is 2. The minimum atomic E-state index is -3.56. The third kappa shape index (κ3) is 10.9. The fourth-order valence-electron chi connectivity index (χ4n) is 5.64. The molecule has 0 radical (unpaired) electrons. The fourth-order valence-corrected chi connectivity index (χ4v) is 9.50. The van der Waals surface area contributed by atoms with Crippen molar-refractivity contribution < 1.29 is 37.7 Å². The first kappa shape index (κ1) is 39.7. The molecule has 0 saturated carbocycles. The molecule has 1 aliphatic heterocycles. The number of imide groups is 1. The van der Waals surface area contributed by atoms with Crippen LogP contribution in [0, 0.1) is 0 Å². The molecular weight excluding hydrogens is 651 g/mol. The first-order valence-electron chi connectivity index (χ1n) is 16.7. The maximum absolute atomic E-state index is 14.8. The molecule has 2 atom stereocenters. The number of carbonyl (C=O) groups excluding carboxylic acids is 3. The van der Waals surface area contributed by atoms with Gasteiger partial charge in [0.25, 0.3) is 0 Å². The van der Waals surface area contributed by atoms with E-state index in [4.69, 9.17) is 18.7 Å². The molecule has 3 rings (SSSR count). The molecule has 2 heterocycles. The second kappa shape index (κ2) is 15.9. The van der Waals surface area contributed by atoms with Crippen LogP contribution in [0.4, 0.5) is 9.59 Å². The summed E-state index contributed by atoms with van der Waals surface area (Å²) in [4.78, 5) is 43.5. The molecule has 0 spiro atoms. The van der Waals surface area contributed by atoms with Crippen LogP contribution in [-0.2, 0) is 34.6 Å². The van der Waals surface area contributed by atoms with Gasteiger partial charge in [0.1, 0.15) is 16.8 Å². The summed E-state index contributed by atoms with van der Waals surface area (Å²) in [5.41, 5.74) is 0.909. The van der Waals surface area contributed by atoms with Gasteiger partial charge in [-0.1, -0.05) is 30.3 Å². The van der Waals surface area contributed by atoms with Crippen LogP contribution < -0.4 is 0 Å². The predicted molar refractivity (Wildman–Crippen MR) is 191 cm³/mol. The second-order valence-electron chi connectivity index (χ2n) is 15.3. The number of benzene rings is 1. The average Bonchev–Trinajstić information content (AvgIpc) is 3.40. The molecular formula is C36H55N2O8PS. The van der Waals surface area contributed by atoms with E-state index in [-0.39, 0.29) is 32.3 Å². The summed E-state index contributed by atoms with van der Waals surface area (Å²) in [6, 6.07) is 10.2. The Labute approximate surface area is 290 Å². The van der Waals surface area contributed by atoms with Crippen molar-refractivity contribution in [3.05, 3.63) is 46.7 Å². The number of carbonyl (C=O) groups is 3. The number of ether oxygens (including phenoxy) is 3. The SMILES string of the molecule is CCOP1(=O)CCN(Cc2cscc2-c2ccccc2)CC1(CCCCN(C(=O)OC(C)(C)C)C(=O)OC(C)(C)C)C(=O)OC(C)(C)C. The summed E-state index contributed by atoms with van der Waals surface area (Å²) in [6.45, 7) is 18.9. The van der Waals surface area contributed by atoms with Crippen molar-refractivity contribution in [3.8, 4) is 11.1 Å². The Hall–Kier alpha value is -2.72. The second-order valence-corrected chi connectivity index (χ2v) is 19.0. The highest BCUT2D eigenvalue weighted by Crippen LogP contribution is 2.64. The number of esters is 1. The zero-order valence-electron chi connectivity index (χ0n) is 30.4. The average molecular weight is 707 g/mol. The van der Waals surface area contributed by atoms with Crippen molar-refractivity contribution >= 4 is 36.9 Å². The minimum absolute atomic E-state index is 0.00772. The summed E-state index contributed by atoms with van der Waals surface area (Å²) in [5.74, 6) is -0.554. The number of nitrogens with zero attached hydrogens (tertiary/aromatic N) is 2. The zero-order valence-corrected chi connectivity index (χ0v) is 32.1. The van der Waals surface area contributed by atoms with Crippen molar-refractivity contribution in [2.75, 3.05) is 32.4 Å². The highest BCUT2D eigenvalue weighted by Gasteiger charge is 2.59. The van der Waals surface area contributed by atoms with Gasteiger partial charge in [-0.15, -0.1) is 0 Å². The van der Waals surface area contributed by atoms with Gasteiger partial charge in [-0.3, -0.25) is 14.3 Å². The van der Waals surface area contributed by atoms with E-state index >= 15 is 0 Å².